The first kappa shape index (κ1) is 12.8. The summed E-state index contributed by atoms with van der Waals surface area (Å²) < 4.78 is 6.16. The molecule has 2 nitrogen and oxygen atoms in total. The van der Waals surface area contributed by atoms with Crippen molar-refractivity contribution in [3.63, 3.8) is 0 Å². The molecule has 0 aliphatic heterocycles. The van der Waals surface area contributed by atoms with Crippen molar-refractivity contribution in [1.82, 2.24) is 0 Å². The molecule has 0 aliphatic rings. The smallest absolute Gasteiger partial charge is 0.0549 e. The van der Waals surface area contributed by atoms with Crippen molar-refractivity contribution in [2.75, 3.05) is 25.1 Å². The van der Waals surface area contributed by atoms with E-state index in [1.165, 1.54) is 0 Å². The monoisotopic (exact) mass is 291 g/mol. The number of hydrogen-bond acceptors (Lipinski definition) is 2. The summed E-state index contributed by atoms with van der Waals surface area (Å²) in [5.41, 5.74) is 1.07. The van der Waals surface area contributed by atoms with E-state index >= 15 is 0 Å². The fraction of sp³-hybridized carbons (Fsp3) is 0.455. The van der Waals surface area contributed by atoms with E-state index in [4.69, 9.17) is 16.3 Å². The Morgan fingerprint density at radius 3 is 2.93 bits per heavy atom. The van der Waals surface area contributed by atoms with Crippen LogP contribution in [0.25, 0.3) is 0 Å². The van der Waals surface area contributed by atoms with E-state index < -0.39 is 0 Å². The predicted octanol–water partition coefficient (Wildman–Crippen LogP) is 3.94. The molecule has 0 saturated carbocycles. The second-order valence-electron chi connectivity index (χ2n) is 3.11. The Morgan fingerprint density at radius 1 is 1.47 bits per heavy atom. The van der Waals surface area contributed by atoms with Crippen LogP contribution in [0.3, 0.4) is 0 Å². The van der Waals surface area contributed by atoms with Crippen LogP contribution >= 0.6 is 27.5 Å². The van der Waals surface area contributed by atoms with Crippen molar-refractivity contribution in [1.29, 1.82) is 0 Å². The number of rotatable bonds is 6. The van der Waals surface area contributed by atoms with E-state index in [-0.39, 0.29) is 0 Å². The molecule has 0 aromatic heterocycles. The van der Waals surface area contributed by atoms with Crippen molar-refractivity contribution in [3.05, 3.63) is 27.7 Å². The van der Waals surface area contributed by atoms with Gasteiger partial charge in [0.1, 0.15) is 0 Å². The molecule has 4 heteroatoms. The molecule has 0 atom stereocenters. The average molecular weight is 293 g/mol. The zero-order valence-corrected chi connectivity index (χ0v) is 11.1. The lowest BCUT2D eigenvalue weighted by molar-refractivity contribution is 0.147. The summed E-state index contributed by atoms with van der Waals surface area (Å²) in [5.74, 6) is 0. The van der Waals surface area contributed by atoms with E-state index in [0.717, 1.165) is 41.4 Å². The maximum Gasteiger partial charge on any atom is 0.0549 e. The quantitative estimate of drug-likeness (QED) is 0.802. The molecule has 1 rings (SSSR count). The Labute approximate surface area is 104 Å². The third kappa shape index (κ3) is 4.87. The zero-order chi connectivity index (χ0) is 11.1. The minimum atomic E-state index is 0.731. The molecule has 0 bridgehead atoms. The first-order chi connectivity index (χ1) is 7.24. The Bertz CT molecular complexity index is 307. The summed E-state index contributed by atoms with van der Waals surface area (Å²) >= 11 is 9.27. The number of ether oxygens (including phenoxy) is 1. The second-order valence-corrected chi connectivity index (χ2v) is 4.37. The van der Waals surface area contributed by atoms with Gasteiger partial charge in [-0.3, -0.25) is 0 Å². The first-order valence-electron chi connectivity index (χ1n) is 5.00. The van der Waals surface area contributed by atoms with E-state index in [1.54, 1.807) is 0 Å². The molecule has 0 radical (unpaired) electrons. The SMILES string of the molecule is CCOCCCNc1ccc(Cl)c(Br)c1. The highest BCUT2D eigenvalue weighted by Gasteiger charge is 1.97. The van der Waals surface area contributed by atoms with Gasteiger partial charge in [-0.05, 0) is 47.5 Å². The van der Waals surface area contributed by atoms with Gasteiger partial charge in [-0.15, -0.1) is 0 Å². The average Bonchev–Trinajstić information content (AvgIpc) is 2.23. The van der Waals surface area contributed by atoms with Crippen LogP contribution in [-0.2, 0) is 4.74 Å². The molecular weight excluding hydrogens is 277 g/mol. The van der Waals surface area contributed by atoms with Crippen molar-refractivity contribution < 1.29 is 4.74 Å². The third-order valence-corrected chi connectivity index (χ3v) is 3.13. The molecule has 0 fully saturated rings. The Kier molecular flexibility index (Phi) is 6.06. The van der Waals surface area contributed by atoms with Crippen molar-refractivity contribution in [3.8, 4) is 0 Å². The van der Waals surface area contributed by atoms with Gasteiger partial charge in [0.2, 0.25) is 0 Å². The maximum atomic E-state index is 5.89. The number of anilines is 1. The van der Waals surface area contributed by atoms with Crippen molar-refractivity contribution in [2.45, 2.75) is 13.3 Å². The molecule has 1 aromatic carbocycles. The van der Waals surface area contributed by atoms with Gasteiger partial charge in [0.05, 0.1) is 5.02 Å². The summed E-state index contributed by atoms with van der Waals surface area (Å²) in [6.45, 7) is 4.50. The lowest BCUT2D eigenvalue weighted by Crippen LogP contribution is -2.05. The molecule has 84 valence electrons. The summed E-state index contributed by atoms with van der Waals surface area (Å²) in [6.07, 6.45) is 1.01. The van der Waals surface area contributed by atoms with Gasteiger partial charge in [-0.25, -0.2) is 0 Å². The molecule has 0 heterocycles. The minimum Gasteiger partial charge on any atom is -0.385 e. The topological polar surface area (TPSA) is 21.3 Å². The fourth-order valence-electron chi connectivity index (χ4n) is 1.16. The van der Waals surface area contributed by atoms with Crippen molar-refractivity contribution in [2.24, 2.45) is 0 Å². The van der Waals surface area contributed by atoms with E-state index in [9.17, 15) is 0 Å². The van der Waals surface area contributed by atoms with Crippen LogP contribution in [0.2, 0.25) is 5.02 Å². The van der Waals surface area contributed by atoms with Crippen LogP contribution < -0.4 is 5.32 Å². The molecule has 0 spiro atoms. The standard InChI is InChI=1S/C11H15BrClNO/c1-2-15-7-3-6-14-9-4-5-11(13)10(12)8-9/h4-5,8,14H,2-3,6-7H2,1H3. The molecule has 0 amide bonds. The number of benzene rings is 1. The normalized spacial score (nSPS) is 10.3. The lowest BCUT2D eigenvalue weighted by atomic mass is 10.3. The van der Waals surface area contributed by atoms with E-state index in [1.807, 2.05) is 25.1 Å². The number of halogens is 2. The zero-order valence-electron chi connectivity index (χ0n) is 8.72. The van der Waals surface area contributed by atoms with Crippen LogP contribution in [0.4, 0.5) is 5.69 Å². The second kappa shape index (κ2) is 7.09. The van der Waals surface area contributed by atoms with Gasteiger partial charge in [0.15, 0.2) is 0 Å². The summed E-state index contributed by atoms with van der Waals surface area (Å²) in [5, 5.41) is 4.03. The highest BCUT2D eigenvalue weighted by molar-refractivity contribution is 9.10. The third-order valence-electron chi connectivity index (χ3n) is 1.92. The van der Waals surface area contributed by atoms with E-state index in [0.29, 0.717) is 0 Å². The van der Waals surface area contributed by atoms with Crippen LogP contribution in [-0.4, -0.2) is 19.8 Å². The highest BCUT2D eigenvalue weighted by atomic mass is 79.9. The summed E-state index contributed by atoms with van der Waals surface area (Å²) in [6, 6.07) is 5.81. The minimum absolute atomic E-state index is 0.731. The van der Waals surface area contributed by atoms with Gasteiger partial charge in [0, 0.05) is 29.9 Å². The largest absolute Gasteiger partial charge is 0.385 e. The molecule has 15 heavy (non-hydrogen) atoms. The molecule has 0 aliphatic carbocycles. The predicted molar refractivity (Wildman–Crippen MR) is 68.8 cm³/mol. The van der Waals surface area contributed by atoms with Crippen LogP contribution in [0.5, 0.6) is 0 Å². The van der Waals surface area contributed by atoms with E-state index in [2.05, 4.69) is 21.2 Å². The molecule has 1 aromatic rings. The molecule has 1 N–H and O–H groups in total. The van der Waals surface area contributed by atoms with Gasteiger partial charge < -0.3 is 10.1 Å². The number of nitrogens with one attached hydrogen (secondary N) is 1. The Morgan fingerprint density at radius 2 is 2.27 bits per heavy atom. The van der Waals surface area contributed by atoms with Gasteiger partial charge >= 0.3 is 0 Å². The fourth-order valence-corrected chi connectivity index (χ4v) is 1.65. The molecular formula is C11H15BrClNO. The summed E-state index contributed by atoms with van der Waals surface area (Å²) in [7, 11) is 0. The highest BCUT2D eigenvalue weighted by Crippen LogP contribution is 2.25. The number of hydrogen-bond donors (Lipinski definition) is 1. The maximum absolute atomic E-state index is 5.89. The van der Waals surface area contributed by atoms with Crippen LogP contribution in [0.1, 0.15) is 13.3 Å². The first-order valence-corrected chi connectivity index (χ1v) is 6.17. The molecule has 0 unspecified atom stereocenters. The Hall–Kier alpha value is -0.250. The Balaban J connectivity index is 2.28. The van der Waals surface area contributed by atoms with Gasteiger partial charge in [-0.2, -0.15) is 0 Å². The summed E-state index contributed by atoms with van der Waals surface area (Å²) in [4.78, 5) is 0. The van der Waals surface area contributed by atoms with Crippen molar-refractivity contribution >= 4 is 33.2 Å². The van der Waals surface area contributed by atoms with Gasteiger partial charge in [-0.1, -0.05) is 11.6 Å². The molecule has 0 saturated heterocycles. The van der Waals surface area contributed by atoms with Crippen LogP contribution in [0, 0.1) is 0 Å². The van der Waals surface area contributed by atoms with Gasteiger partial charge in [0.25, 0.3) is 0 Å². The lowest BCUT2D eigenvalue weighted by Gasteiger charge is -2.07. The van der Waals surface area contributed by atoms with Crippen LogP contribution in [0.15, 0.2) is 22.7 Å².